The van der Waals surface area contributed by atoms with Gasteiger partial charge < -0.3 is 14.6 Å². The summed E-state index contributed by atoms with van der Waals surface area (Å²) in [6, 6.07) is 15.4. The van der Waals surface area contributed by atoms with E-state index >= 15 is 0 Å². The third-order valence-corrected chi connectivity index (χ3v) is 7.71. The summed E-state index contributed by atoms with van der Waals surface area (Å²) in [4.78, 5) is 33.7. The molecule has 0 radical (unpaired) electrons. The second-order valence-electron chi connectivity index (χ2n) is 9.25. The van der Waals surface area contributed by atoms with Gasteiger partial charge in [0.1, 0.15) is 39.4 Å². The van der Waals surface area contributed by atoms with Crippen LogP contribution in [0, 0.1) is 23.0 Å². The first-order valence-electron chi connectivity index (χ1n) is 12.0. The SMILES string of the molecule is Cn1c(=O)c(Br)c(N2CCN(C(c3ccc(F)cc3)c3ccc(F)cc3)CC2C(=O)O)c2nc(C#N)ccc21. The average Bonchev–Trinajstić information content (AvgIpc) is 2.94. The summed E-state index contributed by atoms with van der Waals surface area (Å²) in [6.45, 7) is 0.606. The number of carboxylic acids is 1. The van der Waals surface area contributed by atoms with Crippen molar-refractivity contribution in [2.75, 3.05) is 24.5 Å². The minimum atomic E-state index is -1.12. The zero-order valence-corrected chi connectivity index (χ0v) is 22.3. The van der Waals surface area contributed by atoms with Gasteiger partial charge in [-0.25, -0.2) is 18.6 Å². The smallest absolute Gasteiger partial charge is 0.327 e. The van der Waals surface area contributed by atoms with Crippen LogP contribution in [-0.4, -0.2) is 51.2 Å². The summed E-state index contributed by atoms with van der Waals surface area (Å²) in [5, 5.41) is 19.8. The van der Waals surface area contributed by atoms with Gasteiger partial charge in [-0.3, -0.25) is 9.69 Å². The van der Waals surface area contributed by atoms with Crippen LogP contribution >= 0.6 is 15.9 Å². The van der Waals surface area contributed by atoms with Gasteiger partial charge in [0.05, 0.1) is 17.2 Å². The first-order chi connectivity index (χ1) is 18.7. The number of aromatic nitrogens is 2. The van der Waals surface area contributed by atoms with Crippen molar-refractivity contribution >= 4 is 38.6 Å². The zero-order chi connectivity index (χ0) is 27.8. The predicted molar refractivity (Wildman–Crippen MR) is 144 cm³/mol. The summed E-state index contributed by atoms with van der Waals surface area (Å²) < 4.78 is 29.0. The molecule has 0 amide bonds. The molecule has 4 aromatic rings. The first-order valence-corrected chi connectivity index (χ1v) is 12.8. The van der Waals surface area contributed by atoms with Gasteiger partial charge >= 0.3 is 5.97 Å². The van der Waals surface area contributed by atoms with Crippen LogP contribution in [0.15, 0.2) is 69.9 Å². The van der Waals surface area contributed by atoms with E-state index < -0.39 is 29.7 Å². The Kier molecular flexibility index (Phi) is 7.16. The lowest BCUT2D eigenvalue weighted by molar-refractivity contribution is -0.139. The van der Waals surface area contributed by atoms with Crippen molar-refractivity contribution < 1.29 is 18.7 Å². The number of hydrogen-bond donors (Lipinski definition) is 1. The number of fused-ring (bicyclic) bond motifs is 1. The number of aryl methyl sites for hydroxylation is 1. The van der Waals surface area contributed by atoms with Crippen LogP contribution in [0.25, 0.3) is 11.0 Å². The van der Waals surface area contributed by atoms with Crippen molar-refractivity contribution in [1.29, 1.82) is 5.26 Å². The van der Waals surface area contributed by atoms with Crippen molar-refractivity contribution in [1.82, 2.24) is 14.5 Å². The molecule has 3 heterocycles. The van der Waals surface area contributed by atoms with Gasteiger partial charge in [0, 0.05) is 26.7 Å². The highest BCUT2D eigenvalue weighted by atomic mass is 79.9. The minimum absolute atomic E-state index is 0.0375. The summed E-state index contributed by atoms with van der Waals surface area (Å²) in [5.74, 6) is -1.93. The number of piperazine rings is 1. The number of benzene rings is 2. The highest BCUT2D eigenvalue weighted by Gasteiger charge is 2.38. The molecule has 1 saturated heterocycles. The maximum Gasteiger partial charge on any atom is 0.327 e. The Labute approximate surface area is 230 Å². The molecule has 1 aliphatic heterocycles. The summed E-state index contributed by atoms with van der Waals surface area (Å²) in [7, 11) is 1.58. The van der Waals surface area contributed by atoms with Gasteiger partial charge in [-0.1, -0.05) is 24.3 Å². The van der Waals surface area contributed by atoms with Gasteiger partial charge in [-0.05, 0) is 63.5 Å². The number of hydrogen-bond acceptors (Lipinski definition) is 6. The Hall–Kier alpha value is -4.14. The molecule has 2 aromatic carbocycles. The van der Waals surface area contributed by atoms with Crippen LogP contribution in [0.1, 0.15) is 22.9 Å². The maximum absolute atomic E-state index is 13.7. The highest BCUT2D eigenvalue weighted by molar-refractivity contribution is 9.10. The fourth-order valence-corrected chi connectivity index (χ4v) is 5.79. The van der Waals surface area contributed by atoms with Crippen LogP contribution in [0.2, 0.25) is 0 Å². The Morgan fingerprint density at radius 3 is 2.18 bits per heavy atom. The van der Waals surface area contributed by atoms with Gasteiger partial charge in [0.25, 0.3) is 5.56 Å². The molecule has 8 nitrogen and oxygen atoms in total. The molecule has 1 unspecified atom stereocenters. The van der Waals surface area contributed by atoms with Crippen molar-refractivity contribution in [2.45, 2.75) is 12.1 Å². The van der Waals surface area contributed by atoms with E-state index in [0.717, 1.165) is 11.1 Å². The molecule has 198 valence electrons. The van der Waals surface area contributed by atoms with E-state index in [2.05, 4.69) is 20.9 Å². The van der Waals surface area contributed by atoms with Crippen molar-refractivity contribution in [3.8, 4) is 6.07 Å². The predicted octanol–water partition coefficient (Wildman–Crippen LogP) is 4.21. The van der Waals surface area contributed by atoms with E-state index in [9.17, 15) is 28.7 Å². The third kappa shape index (κ3) is 4.89. The van der Waals surface area contributed by atoms with Crippen LogP contribution in [0.4, 0.5) is 14.5 Å². The molecule has 2 aromatic heterocycles. The number of nitriles is 1. The van der Waals surface area contributed by atoms with E-state index in [1.54, 1.807) is 42.3 Å². The molecular weight excluding hydrogens is 572 g/mol. The van der Waals surface area contributed by atoms with Crippen LogP contribution in [0.3, 0.4) is 0 Å². The van der Waals surface area contributed by atoms with Crippen molar-refractivity contribution in [3.05, 3.63) is 104 Å². The molecule has 0 saturated carbocycles. The fraction of sp³-hybridized carbons (Fsp3) is 0.214. The molecule has 1 N–H and O–H groups in total. The second kappa shape index (κ2) is 10.6. The molecule has 1 aliphatic rings. The lowest BCUT2D eigenvalue weighted by Gasteiger charge is -2.44. The Bertz CT molecular complexity index is 1620. The molecule has 1 fully saturated rings. The lowest BCUT2D eigenvalue weighted by Crippen LogP contribution is -2.57. The zero-order valence-electron chi connectivity index (χ0n) is 20.7. The van der Waals surface area contributed by atoms with Crippen LogP contribution in [0.5, 0.6) is 0 Å². The standard InChI is InChI=1S/C28H22BrF2N5O3/c1-34-21-11-10-20(14-32)33-24(21)26(23(29)27(34)37)36-13-12-35(15-22(36)28(38)39)25(16-2-6-18(30)7-3-16)17-4-8-19(31)9-5-17/h2-11,22,25H,12-13,15H2,1H3,(H,38,39). The number of nitrogens with zero attached hydrogens (tertiary/aromatic N) is 5. The monoisotopic (exact) mass is 593 g/mol. The van der Waals surface area contributed by atoms with Crippen molar-refractivity contribution in [3.63, 3.8) is 0 Å². The molecule has 1 atom stereocenters. The molecule has 0 bridgehead atoms. The molecule has 11 heteroatoms. The minimum Gasteiger partial charge on any atom is -0.480 e. The summed E-state index contributed by atoms with van der Waals surface area (Å²) in [5.41, 5.74) is 2.30. The molecule has 39 heavy (non-hydrogen) atoms. The van der Waals surface area contributed by atoms with Crippen molar-refractivity contribution in [2.24, 2.45) is 7.05 Å². The number of carbonyl (C=O) groups is 1. The van der Waals surface area contributed by atoms with E-state index in [1.807, 2.05) is 11.0 Å². The highest BCUT2D eigenvalue weighted by Crippen LogP contribution is 2.36. The number of pyridine rings is 2. The largest absolute Gasteiger partial charge is 0.480 e. The summed E-state index contributed by atoms with van der Waals surface area (Å²) in [6.07, 6.45) is 0. The third-order valence-electron chi connectivity index (χ3n) is 7.00. The molecule has 5 rings (SSSR count). The Balaban J connectivity index is 1.60. The van der Waals surface area contributed by atoms with Gasteiger partial charge in [0.15, 0.2) is 0 Å². The topological polar surface area (TPSA) is 102 Å². The van der Waals surface area contributed by atoms with Gasteiger partial charge in [0.2, 0.25) is 0 Å². The molecule has 0 spiro atoms. The van der Waals surface area contributed by atoms with E-state index in [-0.39, 0.29) is 28.8 Å². The van der Waals surface area contributed by atoms with Crippen LogP contribution < -0.4 is 10.5 Å². The quantitative estimate of drug-likeness (QED) is 0.370. The number of rotatable bonds is 5. The Morgan fingerprint density at radius 1 is 1.05 bits per heavy atom. The van der Waals surface area contributed by atoms with E-state index in [0.29, 0.717) is 23.3 Å². The Morgan fingerprint density at radius 2 is 1.64 bits per heavy atom. The average molecular weight is 594 g/mol. The van der Waals surface area contributed by atoms with E-state index in [1.165, 1.54) is 34.9 Å². The number of aliphatic carboxylic acids is 1. The molecular formula is C28H22BrF2N5O3. The van der Waals surface area contributed by atoms with Gasteiger partial charge in [-0.15, -0.1) is 0 Å². The lowest BCUT2D eigenvalue weighted by atomic mass is 9.95. The number of carboxylic acid groups (broad SMARTS) is 1. The first kappa shape index (κ1) is 26.5. The fourth-order valence-electron chi connectivity index (χ4n) is 5.10. The number of halogens is 3. The summed E-state index contributed by atoms with van der Waals surface area (Å²) >= 11 is 3.37. The van der Waals surface area contributed by atoms with Crippen LogP contribution in [-0.2, 0) is 11.8 Å². The van der Waals surface area contributed by atoms with E-state index in [4.69, 9.17) is 0 Å². The second-order valence-corrected chi connectivity index (χ2v) is 10.0. The van der Waals surface area contributed by atoms with Gasteiger partial charge in [-0.2, -0.15) is 5.26 Å². The normalized spacial score (nSPS) is 16.0. The number of anilines is 1. The maximum atomic E-state index is 13.7. The molecule has 0 aliphatic carbocycles.